The fraction of sp³-hybridized carbons (Fsp3) is 0.0625. The van der Waals surface area contributed by atoms with Gasteiger partial charge in [-0.15, -0.1) is 0 Å². The van der Waals surface area contributed by atoms with Gasteiger partial charge in [-0.1, -0.05) is 43.0 Å². The summed E-state index contributed by atoms with van der Waals surface area (Å²) in [6.45, 7) is 5.23. The van der Waals surface area contributed by atoms with Gasteiger partial charge in [-0.05, 0) is 35.6 Å². The van der Waals surface area contributed by atoms with E-state index >= 15 is 0 Å². The predicted molar refractivity (Wildman–Crippen MR) is 85.1 cm³/mol. The van der Waals surface area contributed by atoms with Gasteiger partial charge in [0, 0.05) is 11.3 Å². The molecule has 0 atom stereocenters. The molecule has 0 unspecified atom stereocenters. The summed E-state index contributed by atoms with van der Waals surface area (Å²) in [4.78, 5) is 11.6. The smallest absolute Gasteiger partial charge is 0.423 e. The monoisotopic (exact) mass is 281 g/mol. The number of carbonyl (C=O) groups is 1. The average molecular weight is 281 g/mol. The molecule has 2 rings (SSSR count). The Morgan fingerprint density at radius 2 is 1.86 bits per heavy atom. The first-order valence-corrected chi connectivity index (χ1v) is 6.51. The molecule has 0 saturated carbocycles. The summed E-state index contributed by atoms with van der Waals surface area (Å²) in [5.41, 5.74) is 2.97. The topological polar surface area (TPSA) is 69.6 Å². The van der Waals surface area contributed by atoms with Crippen molar-refractivity contribution in [3.63, 3.8) is 0 Å². The molecule has 0 radical (unpaired) electrons. The third-order valence-electron chi connectivity index (χ3n) is 3.06. The lowest BCUT2D eigenvalue weighted by molar-refractivity contribution is -0.112. The second kappa shape index (κ2) is 6.39. The van der Waals surface area contributed by atoms with E-state index in [9.17, 15) is 14.8 Å². The number of hydrogen-bond acceptors (Lipinski definition) is 3. The highest BCUT2D eigenvalue weighted by Crippen LogP contribution is 2.21. The van der Waals surface area contributed by atoms with E-state index in [0.717, 1.165) is 5.56 Å². The lowest BCUT2D eigenvalue weighted by Gasteiger charge is -2.11. The van der Waals surface area contributed by atoms with Crippen LogP contribution in [0.3, 0.4) is 0 Å². The molecule has 0 bridgehead atoms. The van der Waals surface area contributed by atoms with Crippen LogP contribution in [-0.2, 0) is 4.79 Å². The first-order chi connectivity index (χ1) is 9.99. The van der Waals surface area contributed by atoms with E-state index in [1.165, 1.54) is 0 Å². The lowest BCUT2D eigenvalue weighted by Crippen LogP contribution is -2.31. The summed E-state index contributed by atoms with van der Waals surface area (Å²) in [7, 11) is -1.55. The van der Waals surface area contributed by atoms with E-state index in [4.69, 9.17) is 0 Å². The van der Waals surface area contributed by atoms with Gasteiger partial charge in [0.15, 0.2) is 0 Å². The molecule has 106 valence electrons. The highest BCUT2D eigenvalue weighted by Gasteiger charge is 2.16. The minimum atomic E-state index is -1.55. The Morgan fingerprint density at radius 1 is 1.14 bits per heavy atom. The zero-order valence-corrected chi connectivity index (χ0v) is 11.7. The summed E-state index contributed by atoms with van der Waals surface area (Å²) in [5.74, 6) is -0.248. The van der Waals surface area contributed by atoms with Gasteiger partial charge < -0.3 is 15.4 Å². The van der Waals surface area contributed by atoms with E-state index in [2.05, 4.69) is 11.9 Å². The van der Waals surface area contributed by atoms with Crippen molar-refractivity contribution in [1.29, 1.82) is 0 Å². The number of rotatable bonds is 4. The standard InChI is InChI=1S/C16H16BNO3/c1-11(2)16(19)18-13-7-5-6-12(10-13)14-8-3-4-9-15(14)17(20)21/h3-10,20-21H,1H2,2H3,(H,18,19). The van der Waals surface area contributed by atoms with Crippen LogP contribution >= 0.6 is 0 Å². The normalized spacial score (nSPS) is 10.0. The van der Waals surface area contributed by atoms with Crippen LogP contribution in [0.15, 0.2) is 60.7 Å². The summed E-state index contributed by atoms with van der Waals surface area (Å²) in [6.07, 6.45) is 0. The summed E-state index contributed by atoms with van der Waals surface area (Å²) in [5, 5.41) is 21.6. The maximum Gasteiger partial charge on any atom is 0.489 e. The van der Waals surface area contributed by atoms with Crippen molar-refractivity contribution in [1.82, 2.24) is 0 Å². The Hall–Kier alpha value is -2.37. The molecule has 2 aromatic carbocycles. The molecular weight excluding hydrogens is 265 g/mol. The van der Waals surface area contributed by atoms with Gasteiger partial charge in [0.05, 0.1) is 0 Å². The Bertz CT molecular complexity index is 683. The van der Waals surface area contributed by atoms with Crippen molar-refractivity contribution in [2.24, 2.45) is 0 Å². The highest BCUT2D eigenvalue weighted by atomic mass is 16.4. The van der Waals surface area contributed by atoms with Crippen molar-refractivity contribution in [3.8, 4) is 11.1 Å². The molecule has 0 fully saturated rings. The summed E-state index contributed by atoms with van der Waals surface area (Å²) in [6, 6.07) is 14.2. The van der Waals surface area contributed by atoms with Gasteiger partial charge in [-0.3, -0.25) is 4.79 Å². The number of anilines is 1. The zero-order valence-electron chi connectivity index (χ0n) is 11.7. The fourth-order valence-electron chi connectivity index (χ4n) is 1.99. The second-order valence-electron chi connectivity index (χ2n) is 4.78. The van der Waals surface area contributed by atoms with Crippen LogP contribution in [0.2, 0.25) is 0 Å². The van der Waals surface area contributed by atoms with Crippen LogP contribution in [0.25, 0.3) is 11.1 Å². The third-order valence-corrected chi connectivity index (χ3v) is 3.06. The van der Waals surface area contributed by atoms with Crippen LogP contribution in [0.1, 0.15) is 6.92 Å². The maximum absolute atomic E-state index is 11.6. The van der Waals surface area contributed by atoms with E-state index in [1.54, 1.807) is 43.3 Å². The molecule has 3 N–H and O–H groups in total. The second-order valence-corrected chi connectivity index (χ2v) is 4.78. The molecular formula is C16H16BNO3. The van der Waals surface area contributed by atoms with E-state index in [-0.39, 0.29) is 5.91 Å². The predicted octanol–water partition coefficient (Wildman–Crippen LogP) is 1.55. The molecule has 4 nitrogen and oxygen atoms in total. The molecule has 0 aliphatic rings. The zero-order chi connectivity index (χ0) is 15.4. The molecule has 2 aromatic rings. The minimum absolute atomic E-state index is 0.248. The Morgan fingerprint density at radius 3 is 2.52 bits per heavy atom. The maximum atomic E-state index is 11.6. The first-order valence-electron chi connectivity index (χ1n) is 6.51. The van der Waals surface area contributed by atoms with Gasteiger partial charge in [0.25, 0.3) is 5.91 Å². The molecule has 0 heterocycles. The number of carbonyl (C=O) groups excluding carboxylic acids is 1. The van der Waals surface area contributed by atoms with E-state index in [0.29, 0.717) is 22.3 Å². The quantitative estimate of drug-likeness (QED) is 0.588. The molecule has 0 aromatic heterocycles. The minimum Gasteiger partial charge on any atom is -0.423 e. The van der Waals surface area contributed by atoms with Crippen LogP contribution in [0.4, 0.5) is 5.69 Å². The van der Waals surface area contributed by atoms with Crippen LogP contribution < -0.4 is 10.8 Å². The van der Waals surface area contributed by atoms with E-state index < -0.39 is 7.12 Å². The van der Waals surface area contributed by atoms with Crippen molar-refractivity contribution >= 4 is 24.2 Å². The Balaban J connectivity index is 2.38. The molecule has 0 aliphatic carbocycles. The van der Waals surface area contributed by atoms with Crippen molar-refractivity contribution in [2.75, 3.05) is 5.32 Å². The Labute approximate surface area is 123 Å². The van der Waals surface area contributed by atoms with Gasteiger partial charge >= 0.3 is 7.12 Å². The molecule has 0 spiro atoms. The molecule has 5 heteroatoms. The highest BCUT2D eigenvalue weighted by molar-refractivity contribution is 6.60. The SMILES string of the molecule is C=C(C)C(=O)Nc1cccc(-c2ccccc2B(O)O)c1. The number of hydrogen-bond donors (Lipinski definition) is 3. The molecule has 0 aliphatic heterocycles. The van der Waals surface area contributed by atoms with Crippen molar-refractivity contribution < 1.29 is 14.8 Å². The van der Waals surface area contributed by atoms with Gasteiger partial charge in [-0.2, -0.15) is 0 Å². The summed E-state index contributed by atoms with van der Waals surface area (Å²) >= 11 is 0. The van der Waals surface area contributed by atoms with Crippen LogP contribution in [0.5, 0.6) is 0 Å². The molecule has 1 amide bonds. The van der Waals surface area contributed by atoms with Crippen LogP contribution in [-0.4, -0.2) is 23.1 Å². The van der Waals surface area contributed by atoms with Gasteiger partial charge in [-0.25, -0.2) is 0 Å². The third kappa shape index (κ3) is 3.59. The number of amides is 1. The average Bonchev–Trinajstić information content (AvgIpc) is 2.47. The van der Waals surface area contributed by atoms with E-state index in [1.807, 2.05) is 12.1 Å². The first kappa shape index (κ1) is 15.0. The van der Waals surface area contributed by atoms with Gasteiger partial charge in [0.2, 0.25) is 0 Å². The van der Waals surface area contributed by atoms with Crippen molar-refractivity contribution in [3.05, 3.63) is 60.7 Å². The van der Waals surface area contributed by atoms with Crippen molar-refractivity contribution in [2.45, 2.75) is 6.92 Å². The Kier molecular flexibility index (Phi) is 4.57. The lowest BCUT2D eigenvalue weighted by atomic mass is 9.75. The largest absolute Gasteiger partial charge is 0.489 e. The summed E-state index contributed by atoms with van der Waals surface area (Å²) < 4.78 is 0. The van der Waals surface area contributed by atoms with Gasteiger partial charge in [0.1, 0.15) is 0 Å². The number of nitrogens with one attached hydrogen (secondary N) is 1. The number of benzene rings is 2. The van der Waals surface area contributed by atoms with Crippen LogP contribution in [0, 0.1) is 0 Å². The molecule has 21 heavy (non-hydrogen) atoms. The fourth-order valence-corrected chi connectivity index (χ4v) is 1.99. The molecule has 0 saturated heterocycles.